The summed E-state index contributed by atoms with van der Waals surface area (Å²) in [6, 6.07) is 16.3. The third kappa shape index (κ3) is 5.07. The van der Waals surface area contributed by atoms with Crippen molar-refractivity contribution >= 4 is 58.3 Å². The van der Waals surface area contributed by atoms with Crippen molar-refractivity contribution in [1.29, 1.82) is 0 Å². The normalized spacial score (nSPS) is 16.6. The fourth-order valence-corrected chi connectivity index (χ4v) is 4.18. The Hall–Kier alpha value is -3.00. The van der Waals surface area contributed by atoms with E-state index in [9.17, 15) is 4.79 Å². The molecule has 6 nitrogen and oxygen atoms in total. The topological polar surface area (TPSA) is 67.4 Å². The highest BCUT2D eigenvalue weighted by molar-refractivity contribution is 8.18. The average Bonchev–Trinajstić information content (AvgIpc) is 3.41. The molecule has 0 spiro atoms. The van der Waals surface area contributed by atoms with Gasteiger partial charge in [-0.2, -0.15) is 5.10 Å². The van der Waals surface area contributed by atoms with Gasteiger partial charge in [0.2, 0.25) is 0 Å². The quantitative estimate of drug-likeness (QED) is 0.240. The number of nitrogens with zero attached hydrogens (tertiary/aromatic N) is 3. The van der Waals surface area contributed by atoms with Crippen molar-refractivity contribution in [3.8, 4) is 5.75 Å². The van der Waals surface area contributed by atoms with Crippen LogP contribution in [0.1, 0.15) is 16.9 Å². The Labute approximate surface area is 199 Å². The second-order valence-corrected chi connectivity index (χ2v) is 8.42. The maximum absolute atomic E-state index is 13.1. The lowest BCUT2D eigenvalue weighted by molar-refractivity contribution is -0.122. The van der Waals surface area contributed by atoms with Gasteiger partial charge >= 0.3 is 0 Å². The molecule has 4 rings (SSSR count). The molecule has 0 saturated carbocycles. The Morgan fingerprint density at radius 3 is 2.66 bits per heavy atom. The first-order valence-electron chi connectivity index (χ1n) is 9.48. The van der Waals surface area contributed by atoms with E-state index in [2.05, 4.69) is 10.2 Å². The van der Waals surface area contributed by atoms with Crippen LogP contribution >= 0.6 is 35.0 Å². The minimum atomic E-state index is -0.183. The summed E-state index contributed by atoms with van der Waals surface area (Å²) in [6.45, 7) is 0.241. The van der Waals surface area contributed by atoms with E-state index >= 15 is 0 Å². The highest BCUT2D eigenvalue weighted by atomic mass is 35.5. The summed E-state index contributed by atoms with van der Waals surface area (Å²) in [5, 5.41) is 9.65. The van der Waals surface area contributed by atoms with Crippen LogP contribution in [-0.2, 0) is 11.3 Å². The van der Waals surface area contributed by atoms with E-state index in [4.69, 9.17) is 32.4 Å². The van der Waals surface area contributed by atoms with Crippen LogP contribution < -0.4 is 4.74 Å². The van der Waals surface area contributed by atoms with Crippen molar-refractivity contribution in [1.82, 2.24) is 4.90 Å². The molecule has 162 valence electrons. The van der Waals surface area contributed by atoms with Crippen LogP contribution in [0.15, 0.2) is 80.4 Å². The van der Waals surface area contributed by atoms with Crippen LogP contribution in [0.2, 0.25) is 10.0 Å². The van der Waals surface area contributed by atoms with Gasteiger partial charge in [-0.25, -0.2) is 0 Å². The number of carbonyl (C=O) groups is 1. The lowest BCUT2D eigenvalue weighted by atomic mass is 10.2. The van der Waals surface area contributed by atoms with E-state index < -0.39 is 0 Å². The number of furan rings is 1. The maximum Gasteiger partial charge on any atom is 0.267 e. The molecule has 1 saturated heterocycles. The van der Waals surface area contributed by atoms with Crippen LogP contribution in [-0.4, -0.2) is 29.3 Å². The molecule has 1 amide bonds. The van der Waals surface area contributed by atoms with Crippen LogP contribution in [0.5, 0.6) is 5.75 Å². The van der Waals surface area contributed by atoms with Crippen LogP contribution in [0.4, 0.5) is 0 Å². The minimum Gasteiger partial charge on any atom is -0.497 e. The Morgan fingerprint density at radius 1 is 1.12 bits per heavy atom. The monoisotopic (exact) mass is 485 g/mol. The molecule has 2 heterocycles. The molecule has 3 aromatic rings. The van der Waals surface area contributed by atoms with Gasteiger partial charge < -0.3 is 9.15 Å². The Kier molecular flexibility index (Phi) is 6.99. The van der Waals surface area contributed by atoms with Gasteiger partial charge in [-0.1, -0.05) is 47.5 Å². The third-order valence-corrected chi connectivity index (χ3v) is 6.35. The largest absolute Gasteiger partial charge is 0.497 e. The van der Waals surface area contributed by atoms with Gasteiger partial charge in [0.1, 0.15) is 11.5 Å². The second kappa shape index (κ2) is 10.1. The van der Waals surface area contributed by atoms with E-state index in [0.29, 0.717) is 31.4 Å². The number of amidine groups is 1. The Balaban J connectivity index is 1.62. The van der Waals surface area contributed by atoms with Crippen molar-refractivity contribution in [3.63, 3.8) is 0 Å². The number of hydrogen-bond acceptors (Lipinski definition) is 6. The zero-order valence-corrected chi connectivity index (χ0v) is 19.2. The van der Waals surface area contributed by atoms with Crippen LogP contribution in [0, 0.1) is 0 Å². The number of methoxy groups -OCH3 is 1. The molecular formula is C23H17Cl2N3O3S. The van der Waals surface area contributed by atoms with Crippen LogP contribution in [0.25, 0.3) is 6.08 Å². The van der Waals surface area contributed by atoms with Gasteiger partial charge in [0.15, 0.2) is 5.17 Å². The number of ether oxygens (including phenoxy) is 1. The van der Waals surface area contributed by atoms with Crippen molar-refractivity contribution in [3.05, 3.63) is 92.7 Å². The number of amides is 1. The molecule has 1 aliphatic heterocycles. The van der Waals surface area contributed by atoms with Crippen molar-refractivity contribution in [2.24, 2.45) is 10.2 Å². The minimum absolute atomic E-state index is 0.183. The standard InChI is InChI=1S/C23H17Cl2N3O3S/c1-30-17-9-7-15(8-10-17)12-20-22(29)28(14-18-5-3-11-31-18)23(32-20)27-26-13-16-4-2-6-19(24)21(16)25/h2-13H,14H2,1H3/b20-12-,26-13+,27-23-. The van der Waals surface area contributed by atoms with Crippen molar-refractivity contribution in [2.45, 2.75) is 6.54 Å². The summed E-state index contributed by atoms with van der Waals surface area (Å²) in [5.74, 6) is 1.20. The number of benzene rings is 2. The van der Waals surface area contributed by atoms with E-state index in [1.165, 1.54) is 22.9 Å². The first-order valence-corrected chi connectivity index (χ1v) is 11.1. The summed E-state index contributed by atoms with van der Waals surface area (Å²) < 4.78 is 10.6. The Bertz CT molecular complexity index is 1210. The first-order chi connectivity index (χ1) is 15.5. The maximum atomic E-state index is 13.1. The molecule has 0 atom stereocenters. The number of carbonyl (C=O) groups excluding carboxylic acids is 1. The Morgan fingerprint density at radius 2 is 1.94 bits per heavy atom. The van der Waals surface area contributed by atoms with E-state index in [1.54, 1.807) is 43.7 Å². The SMILES string of the molecule is COc1ccc(/C=C2\S/C(=N\N=C\c3cccc(Cl)c3Cl)N(Cc3ccco3)C2=O)cc1. The highest BCUT2D eigenvalue weighted by Crippen LogP contribution is 2.34. The molecule has 1 fully saturated rings. The van der Waals surface area contributed by atoms with E-state index in [0.717, 1.165) is 11.3 Å². The number of thioether (sulfide) groups is 1. The molecule has 0 unspecified atom stereocenters. The van der Waals surface area contributed by atoms with Gasteiger partial charge in [-0.3, -0.25) is 9.69 Å². The fraction of sp³-hybridized carbons (Fsp3) is 0.0870. The average molecular weight is 486 g/mol. The molecule has 1 aromatic heterocycles. The first kappa shape index (κ1) is 22.2. The summed E-state index contributed by atoms with van der Waals surface area (Å²) in [6.07, 6.45) is 4.87. The molecule has 0 aliphatic carbocycles. The fourth-order valence-electron chi connectivity index (χ4n) is 2.89. The molecule has 1 aliphatic rings. The number of rotatable bonds is 6. The highest BCUT2D eigenvalue weighted by Gasteiger charge is 2.34. The van der Waals surface area contributed by atoms with Gasteiger partial charge in [-0.05, 0) is 53.7 Å². The summed E-state index contributed by atoms with van der Waals surface area (Å²) >= 11 is 13.5. The van der Waals surface area contributed by atoms with E-state index in [1.807, 2.05) is 30.3 Å². The number of hydrogen-bond donors (Lipinski definition) is 0. The third-order valence-electron chi connectivity index (χ3n) is 4.52. The lowest BCUT2D eigenvalue weighted by Crippen LogP contribution is -2.28. The molecule has 0 N–H and O–H groups in total. The van der Waals surface area contributed by atoms with E-state index in [-0.39, 0.29) is 12.5 Å². The lowest BCUT2D eigenvalue weighted by Gasteiger charge is -2.12. The van der Waals surface area contributed by atoms with Gasteiger partial charge in [0.05, 0.1) is 41.1 Å². The van der Waals surface area contributed by atoms with Gasteiger partial charge in [-0.15, -0.1) is 5.10 Å². The molecule has 0 radical (unpaired) electrons. The number of halogens is 2. The molecule has 2 aromatic carbocycles. The molecule has 32 heavy (non-hydrogen) atoms. The van der Waals surface area contributed by atoms with Gasteiger partial charge in [0.25, 0.3) is 5.91 Å². The van der Waals surface area contributed by atoms with Crippen LogP contribution in [0.3, 0.4) is 0 Å². The van der Waals surface area contributed by atoms with Crippen molar-refractivity contribution < 1.29 is 13.9 Å². The summed E-state index contributed by atoms with van der Waals surface area (Å²) in [4.78, 5) is 15.1. The molecule has 9 heteroatoms. The predicted octanol–water partition coefficient (Wildman–Crippen LogP) is 6.10. The van der Waals surface area contributed by atoms with Gasteiger partial charge in [0, 0.05) is 5.56 Å². The second-order valence-electron chi connectivity index (χ2n) is 6.62. The molecular weight excluding hydrogens is 469 g/mol. The zero-order chi connectivity index (χ0) is 22.5. The zero-order valence-electron chi connectivity index (χ0n) is 16.9. The predicted molar refractivity (Wildman–Crippen MR) is 129 cm³/mol. The smallest absolute Gasteiger partial charge is 0.267 e. The summed E-state index contributed by atoms with van der Waals surface area (Å²) in [5.41, 5.74) is 1.50. The van der Waals surface area contributed by atoms with Crippen molar-refractivity contribution in [2.75, 3.05) is 7.11 Å². The molecule has 0 bridgehead atoms. The summed E-state index contributed by atoms with van der Waals surface area (Å²) in [7, 11) is 1.61.